The summed E-state index contributed by atoms with van der Waals surface area (Å²) in [5, 5.41) is 0. The maximum Gasteiger partial charge on any atom is 1.00 e. The van der Waals surface area contributed by atoms with Crippen LogP contribution in [0.25, 0.3) is 0 Å². The van der Waals surface area contributed by atoms with E-state index in [9.17, 15) is 13.0 Å². The normalized spacial score (nSPS) is 19.5. The summed E-state index contributed by atoms with van der Waals surface area (Å²) in [5.74, 6) is 0. The Morgan fingerprint density at radius 2 is 2.08 bits per heavy atom. The van der Waals surface area contributed by atoms with Gasteiger partial charge in [0, 0.05) is 5.54 Å². The minimum Gasteiger partial charge on any atom is -0.744 e. The summed E-state index contributed by atoms with van der Waals surface area (Å²) < 4.78 is 31.4. The van der Waals surface area contributed by atoms with Gasteiger partial charge in [-0.25, -0.2) is 8.42 Å². The minimum atomic E-state index is -4.30. The fraction of sp³-hybridized carbons (Fsp3) is 0.143. The van der Waals surface area contributed by atoms with Gasteiger partial charge in [0.15, 0.2) is 0 Å². The number of halogens is 1. The van der Waals surface area contributed by atoms with Crippen LogP contribution in [0.4, 0.5) is 0 Å². The van der Waals surface area contributed by atoms with Gasteiger partial charge in [-0.3, -0.25) is 0 Å². The monoisotopic (exact) mass is 228 g/mol. The zero-order valence-electron chi connectivity index (χ0n) is 7.03. The van der Waals surface area contributed by atoms with Crippen LogP contribution in [0.1, 0.15) is 6.42 Å². The molecule has 0 aromatic heterocycles. The van der Waals surface area contributed by atoms with Crippen LogP contribution in [0.15, 0.2) is 34.2 Å². The Balaban J connectivity index is 0.00000144. The summed E-state index contributed by atoms with van der Waals surface area (Å²) in [6.45, 7) is 0. The molecule has 0 amide bonds. The van der Waals surface area contributed by atoms with Gasteiger partial charge in [-0.05, 0) is 18.1 Å². The third-order valence-corrected chi connectivity index (χ3v) is 2.59. The van der Waals surface area contributed by atoms with Gasteiger partial charge >= 0.3 is 29.6 Å². The largest absolute Gasteiger partial charge is 1.00 e. The van der Waals surface area contributed by atoms with Gasteiger partial charge in [0.25, 0.3) is 0 Å². The molecule has 1 aliphatic carbocycles. The molecule has 6 heteroatoms. The second-order valence-electron chi connectivity index (χ2n) is 2.28. The van der Waals surface area contributed by atoms with Crippen molar-refractivity contribution in [1.29, 1.82) is 0 Å². The van der Waals surface area contributed by atoms with Crippen molar-refractivity contribution in [2.75, 3.05) is 0 Å². The fourth-order valence-corrected chi connectivity index (χ4v) is 1.49. The Hall–Kier alpha value is 0.420. The number of hydrogen-bond acceptors (Lipinski definition) is 3. The zero-order chi connectivity index (χ0) is 9.19. The first-order valence-electron chi connectivity index (χ1n) is 3.17. The van der Waals surface area contributed by atoms with Crippen molar-refractivity contribution < 1.29 is 42.5 Å². The molecule has 3 nitrogen and oxygen atoms in total. The maximum atomic E-state index is 10.5. The summed E-state index contributed by atoms with van der Waals surface area (Å²) in [6.07, 6.45) is 4.49. The molecule has 0 fully saturated rings. The molecule has 0 aromatic carbocycles. The molecule has 0 spiro atoms. The van der Waals surface area contributed by atoms with E-state index >= 15 is 0 Å². The minimum absolute atomic E-state index is 0. The van der Waals surface area contributed by atoms with Gasteiger partial charge in [-0.2, -0.15) is 0 Å². The molecule has 66 valence electrons. The summed E-state index contributed by atoms with van der Waals surface area (Å²) in [7, 11) is -4.30. The van der Waals surface area contributed by atoms with Crippen molar-refractivity contribution in [2.24, 2.45) is 0 Å². The summed E-state index contributed by atoms with van der Waals surface area (Å²) in [4.78, 5) is -0.190. The van der Waals surface area contributed by atoms with Crippen molar-refractivity contribution in [3.63, 3.8) is 0 Å². The number of hydrogen-bond donors (Lipinski definition) is 0. The quantitative estimate of drug-likeness (QED) is 0.406. The molecule has 1 aliphatic rings. The first-order valence-corrected chi connectivity index (χ1v) is 5.02. The first-order chi connectivity index (χ1) is 5.54. The van der Waals surface area contributed by atoms with E-state index in [1.165, 1.54) is 23.8 Å². The molecule has 0 bridgehead atoms. The van der Waals surface area contributed by atoms with Crippen molar-refractivity contribution in [1.82, 2.24) is 0 Å². The van der Waals surface area contributed by atoms with Crippen molar-refractivity contribution in [2.45, 2.75) is 6.42 Å². The van der Waals surface area contributed by atoms with E-state index < -0.39 is 10.1 Å². The fourth-order valence-electron chi connectivity index (χ4n) is 0.810. The van der Waals surface area contributed by atoms with Crippen LogP contribution < -0.4 is 29.6 Å². The van der Waals surface area contributed by atoms with E-state index in [-0.39, 0.29) is 34.5 Å². The first kappa shape index (κ1) is 13.4. The Morgan fingerprint density at radius 1 is 1.46 bits per heavy atom. The zero-order valence-corrected chi connectivity index (χ0v) is 10.6. The van der Waals surface area contributed by atoms with Crippen LogP contribution in [0.5, 0.6) is 0 Å². The Labute approximate surface area is 104 Å². The maximum absolute atomic E-state index is 10.5. The SMILES string of the molecule is O=S(=O)([O-])C1=CCC(=CCl)C=C1.[Na+]. The smallest absolute Gasteiger partial charge is 0.744 e. The van der Waals surface area contributed by atoms with Gasteiger partial charge in [0.1, 0.15) is 10.1 Å². The average Bonchev–Trinajstić information content (AvgIpc) is 2.03. The van der Waals surface area contributed by atoms with Gasteiger partial charge < -0.3 is 4.55 Å². The van der Waals surface area contributed by atoms with E-state index in [0.717, 1.165) is 5.57 Å². The Kier molecular flexibility index (Phi) is 5.51. The van der Waals surface area contributed by atoms with E-state index in [4.69, 9.17) is 11.6 Å². The molecule has 1 rings (SSSR count). The average molecular weight is 229 g/mol. The van der Waals surface area contributed by atoms with Gasteiger partial charge in [-0.1, -0.05) is 23.8 Å². The predicted octanol–water partition coefficient (Wildman–Crippen LogP) is -1.50. The van der Waals surface area contributed by atoms with Crippen LogP contribution in [0.3, 0.4) is 0 Å². The molecule has 0 radical (unpaired) electrons. The molecule has 0 unspecified atom stereocenters. The number of allylic oxidation sites excluding steroid dienone is 4. The molecule has 0 aliphatic heterocycles. The van der Waals surface area contributed by atoms with Crippen LogP contribution in [-0.2, 0) is 10.1 Å². The number of rotatable bonds is 1. The molecule has 13 heavy (non-hydrogen) atoms. The van der Waals surface area contributed by atoms with E-state index in [1.807, 2.05) is 0 Å². The van der Waals surface area contributed by atoms with E-state index in [2.05, 4.69) is 0 Å². The molecular weight excluding hydrogens is 223 g/mol. The Morgan fingerprint density at radius 3 is 2.38 bits per heavy atom. The molecule has 0 heterocycles. The molecular formula is C7H6ClNaO3S. The second kappa shape index (κ2) is 5.34. The third-order valence-electron chi connectivity index (χ3n) is 1.43. The standard InChI is InChI=1S/C7H7ClO3S.Na/c8-5-6-1-3-7(4-2-6)12(9,10)11;/h1,3-5H,2H2,(H,9,10,11);/q;+1/p-1. The van der Waals surface area contributed by atoms with Crippen molar-refractivity contribution in [3.8, 4) is 0 Å². The van der Waals surface area contributed by atoms with Crippen LogP contribution in [0.2, 0.25) is 0 Å². The van der Waals surface area contributed by atoms with Crippen LogP contribution >= 0.6 is 11.6 Å². The summed E-state index contributed by atoms with van der Waals surface area (Å²) >= 11 is 5.37. The van der Waals surface area contributed by atoms with Gasteiger partial charge in [0.05, 0.1) is 4.91 Å². The topological polar surface area (TPSA) is 57.2 Å². The second-order valence-corrected chi connectivity index (χ2v) is 3.88. The van der Waals surface area contributed by atoms with E-state index in [1.54, 1.807) is 0 Å². The van der Waals surface area contributed by atoms with Crippen LogP contribution in [0, 0.1) is 0 Å². The third kappa shape index (κ3) is 3.97. The molecule has 0 N–H and O–H groups in total. The van der Waals surface area contributed by atoms with Gasteiger partial charge in [-0.15, -0.1) is 0 Å². The Bertz CT molecular complexity index is 367. The van der Waals surface area contributed by atoms with Crippen molar-refractivity contribution >= 4 is 21.7 Å². The summed E-state index contributed by atoms with van der Waals surface area (Å²) in [6, 6.07) is 0. The molecule has 0 atom stereocenters. The molecule has 0 saturated carbocycles. The molecule has 0 saturated heterocycles. The summed E-state index contributed by atoms with van der Waals surface area (Å²) in [5.41, 5.74) is 2.13. The van der Waals surface area contributed by atoms with E-state index in [0.29, 0.717) is 6.42 Å². The predicted molar refractivity (Wildman–Crippen MR) is 45.5 cm³/mol. The van der Waals surface area contributed by atoms with Crippen LogP contribution in [-0.4, -0.2) is 13.0 Å². The molecule has 0 aromatic rings. The van der Waals surface area contributed by atoms with Crippen molar-refractivity contribution in [3.05, 3.63) is 34.2 Å². The van der Waals surface area contributed by atoms with Gasteiger partial charge in [0.2, 0.25) is 0 Å².